The normalized spacial score (nSPS) is 10.6. The van der Waals surface area contributed by atoms with Crippen LogP contribution in [0.1, 0.15) is 28.5 Å². The molecule has 4 nitrogen and oxygen atoms in total. The molecule has 0 radical (unpaired) electrons. The summed E-state index contributed by atoms with van der Waals surface area (Å²) in [5.41, 5.74) is 5.40. The maximum atomic E-state index is 12.0. The summed E-state index contributed by atoms with van der Waals surface area (Å²) in [5.74, 6) is -0.318. The fourth-order valence-electron chi connectivity index (χ4n) is 2.68. The molecule has 0 aliphatic heterocycles. The van der Waals surface area contributed by atoms with Crippen molar-refractivity contribution >= 4 is 28.2 Å². The summed E-state index contributed by atoms with van der Waals surface area (Å²) in [4.78, 5) is 16.6. The van der Waals surface area contributed by atoms with Gasteiger partial charge in [-0.25, -0.2) is 4.79 Å². The Morgan fingerprint density at radius 1 is 1.12 bits per heavy atom. The molecule has 3 rings (SSSR count). The Morgan fingerprint density at radius 2 is 1.96 bits per heavy atom. The van der Waals surface area contributed by atoms with Crippen LogP contribution in [0.5, 0.6) is 0 Å². The predicted octanol–water partition coefficient (Wildman–Crippen LogP) is 4.77. The van der Waals surface area contributed by atoms with Crippen LogP contribution in [0.3, 0.4) is 0 Å². The summed E-state index contributed by atoms with van der Waals surface area (Å²) < 4.78 is 5.09. The van der Waals surface area contributed by atoms with Crippen molar-refractivity contribution in [2.24, 2.45) is 0 Å². The van der Waals surface area contributed by atoms with E-state index < -0.39 is 0 Å². The molecule has 4 heteroatoms. The molecule has 0 fully saturated rings. The molecule has 0 amide bonds. The Hall–Kier alpha value is -2.88. The topological polar surface area (TPSA) is 51.2 Å². The molecule has 0 saturated carbocycles. The van der Waals surface area contributed by atoms with Gasteiger partial charge in [0.1, 0.15) is 0 Å². The van der Waals surface area contributed by atoms with Gasteiger partial charge in [0, 0.05) is 22.5 Å². The van der Waals surface area contributed by atoms with Gasteiger partial charge in [-0.1, -0.05) is 12.1 Å². The quantitative estimate of drug-likeness (QED) is 0.703. The van der Waals surface area contributed by atoms with Gasteiger partial charge in [-0.2, -0.15) is 0 Å². The van der Waals surface area contributed by atoms with Gasteiger partial charge in [0.15, 0.2) is 0 Å². The minimum Gasteiger partial charge on any atom is -0.462 e. The average Bonchev–Trinajstić information content (AvgIpc) is 2.54. The second kappa shape index (κ2) is 6.71. The zero-order valence-corrected chi connectivity index (χ0v) is 14.1. The molecule has 1 aromatic heterocycles. The van der Waals surface area contributed by atoms with E-state index in [0.29, 0.717) is 12.2 Å². The van der Waals surface area contributed by atoms with Crippen molar-refractivity contribution in [2.75, 3.05) is 11.9 Å². The Morgan fingerprint density at radius 3 is 2.71 bits per heavy atom. The number of carbonyl (C=O) groups is 1. The van der Waals surface area contributed by atoms with E-state index in [4.69, 9.17) is 4.74 Å². The molecule has 0 spiro atoms. The Bertz CT molecular complexity index is 903. The van der Waals surface area contributed by atoms with Crippen LogP contribution in [-0.4, -0.2) is 17.6 Å². The number of ether oxygens (including phenoxy) is 1. The van der Waals surface area contributed by atoms with Gasteiger partial charge >= 0.3 is 5.97 Å². The third kappa shape index (κ3) is 3.38. The van der Waals surface area contributed by atoms with Crippen LogP contribution in [0.25, 0.3) is 10.9 Å². The Kier molecular flexibility index (Phi) is 4.47. The lowest BCUT2D eigenvalue weighted by Crippen LogP contribution is -2.05. The Balaban J connectivity index is 2.07. The first kappa shape index (κ1) is 16.0. The van der Waals surface area contributed by atoms with Crippen molar-refractivity contribution in [1.82, 2.24) is 4.98 Å². The molecular weight excluding hydrogens is 300 g/mol. The molecule has 1 heterocycles. The standard InChI is InChI=1S/C20H20N2O2/c1-4-24-20(23)15-8-9-18-17(12-15)19(11-14(3)21-18)22-16-7-5-6-13(2)10-16/h5-12H,4H2,1-3H3,(H,21,22). The van der Waals surface area contributed by atoms with Crippen molar-refractivity contribution in [3.63, 3.8) is 0 Å². The minimum absolute atomic E-state index is 0.318. The summed E-state index contributed by atoms with van der Waals surface area (Å²) >= 11 is 0. The number of fused-ring (bicyclic) bond motifs is 1. The number of hydrogen-bond acceptors (Lipinski definition) is 4. The largest absolute Gasteiger partial charge is 0.462 e. The van der Waals surface area contributed by atoms with Crippen LogP contribution < -0.4 is 5.32 Å². The second-order valence-corrected chi connectivity index (χ2v) is 5.76. The molecule has 2 aromatic carbocycles. The highest BCUT2D eigenvalue weighted by molar-refractivity contribution is 5.99. The monoisotopic (exact) mass is 320 g/mol. The molecule has 1 N–H and O–H groups in total. The first-order valence-corrected chi connectivity index (χ1v) is 7.99. The summed E-state index contributed by atoms with van der Waals surface area (Å²) in [7, 11) is 0. The van der Waals surface area contributed by atoms with Crippen LogP contribution in [0.15, 0.2) is 48.5 Å². The first-order valence-electron chi connectivity index (χ1n) is 7.99. The van der Waals surface area contributed by atoms with Crippen LogP contribution >= 0.6 is 0 Å². The minimum atomic E-state index is -0.318. The molecule has 0 saturated heterocycles. The molecular formula is C20H20N2O2. The van der Waals surface area contributed by atoms with E-state index in [1.165, 1.54) is 5.56 Å². The highest BCUT2D eigenvalue weighted by Crippen LogP contribution is 2.28. The Labute approximate surface area is 141 Å². The molecule has 0 aliphatic carbocycles. The molecule has 24 heavy (non-hydrogen) atoms. The second-order valence-electron chi connectivity index (χ2n) is 5.76. The lowest BCUT2D eigenvalue weighted by molar-refractivity contribution is 0.0526. The maximum absolute atomic E-state index is 12.0. The molecule has 122 valence electrons. The summed E-state index contributed by atoms with van der Waals surface area (Å²) in [6.07, 6.45) is 0. The summed E-state index contributed by atoms with van der Waals surface area (Å²) in [5, 5.41) is 4.33. The van der Waals surface area contributed by atoms with Crippen molar-refractivity contribution < 1.29 is 9.53 Å². The number of nitrogens with zero attached hydrogens (tertiary/aromatic N) is 1. The smallest absolute Gasteiger partial charge is 0.338 e. The molecule has 0 unspecified atom stereocenters. The first-order chi connectivity index (χ1) is 11.6. The zero-order chi connectivity index (χ0) is 17.1. The number of rotatable bonds is 4. The number of hydrogen-bond donors (Lipinski definition) is 1. The number of aromatic nitrogens is 1. The highest BCUT2D eigenvalue weighted by Gasteiger charge is 2.11. The van der Waals surface area contributed by atoms with Gasteiger partial charge in [0.2, 0.25) is 0 Å². The van der Waals surface area contributed by atoms with Gasteiger partial charge in [-0.05, 0) is 62.7 Å². The number of aryl methyl sites for hydroxylation is 2. The van der Waals surface area contributed by atoms with Crippen molar-refractivity contribution in [3.8, 4) is 0 Å². The van der Waals surface area contributed by atoms with E-state index in [1.807, 2.05) is 37.3 Å². The third-order valence-corrected chi connectivity index (χ3v) is 3.74. The number of nitrogens with one attached hydrogen (secondary N) is 1. The average molecular weight is 320 g/mol. The van der Waals surface area contributed by atoms with Crippen LogP contribution in [0.2, 0.25) is 0 Å². The molecule has 0 bridgehead atoms. The lowest BCUT2D eigenvalue weighted by Gasteiger charge is -2.12. The van der Waals surface area contributed by atoms with Gasteiger partial charge in [0.25, 0.3) is 0 Å². The fourth-order valence-corrected chi connectivity index (χ4v) is 2.68. The van der Waals surface area contributed by atoms with Gasteiger partial charge in [-0.3, -0.25) is 4.98 Å². The molecule has 0 aliphatic rings. The highest BCUT2D eigenvalue weighted by atomic mass is 16.5. The van der Waals surface area contributed by atoms with E-state index in [9.17, 15) is 4.79 Å². The van der Waals surface area contributed by atoms with Crippen molar-refractivity contribution in [2.45, 2.75) is 20.8 Å². The molecule has 0 atom stereocenters. The summed E-state index contributed by atoms with van der Waals surface area (Å²) in [6.45, 7) is 6.17. The maximum Gasteiger partial charge on any atom is 0.338 e. The number of benzene rings is 2. The number of carbonyl (C=O) groups excluding carboxylic acids is 1. The predicted molar refractivity (Wildman–Crippen MR) is 96.9 cm³/mol. The third-order valence-electron chi connectivity index (χ3n) is 3.74. The van der Waals surface area contributed by atoms with E-state index in [0.717, 1.165) is 28.0 Å². The zero-order valence-electron chi connectivity index (χ0n) is 14.1. The number of esters is 1. The SMILES string of the molecule is CCOC(=O)c1ccc2nc(C)cc(Nc3cccc(C)c3)c2c1. The molecule has 3 aromatic rings. The fraction of sp³-hybridized carbons (Fsp3) is 0.200. The lowest BCUT2D eigenvalue weighted by atomic mass is 10.1. The van der Waals surface area contributed by atoms with E-state index >= 15 is 0 Å². The van der Waals surface area contributed by atoms with Crippen molar-refractivity contribution in [3.05, 3.63) is 65.4 Å². The van der Waals surface area contributed by atoms with Crippen LogP contribution in [0, 0.1) is 13.8 Å². The van der Waals surface area contributed by atoms with Crippen molar-refractivity contribution in [1.29, 1.82) is 0 Å². The van der Waals surface area contributed by atoms with E-state index in [2.05, 4.69) is 29.4 Å². The van der Waals surface area contributed by atoms with Gasteiger partial charge in [0.05, 0.1) is 17.7 Å². The van der Waals surface area contributed by atoms with Gasteiger partial charge < -0.3 is 10.1 Å². The van der Waals surface area contributed by atoms with E-state index in [1.54, 1.807) is 13.0 Å². The van der Waals surface area contributed by atoms with Crippen LogP contribution in [-0.2, 0) is 4.74 Å². The van der Waals surface area contributed by atoms with Gasteiger partial charge in [-0.15, -0.1) is 0 Å². The number of anilines is 2. The summed E-state index contributed by atoms with van der Waals surface area (Å²) in [6, 6.07) is 15.6. The van der Waals surface area contributed by atoms with Crippen LogP contribution in [0.4, 0.5) is 11.4 Å². The number of pyridine rings is 1. The van der Waals surface area contributed by atoms with E-state index in [-0.39, 0.29) is 5.97 Å².